The first-order valence-electron chi connectivity index (χ1n) is 27.8. The van der Waals surface area contributed by atoms with Crippen LogP contribution >= 0.6 is 11.3 Å². The van der Waals surface area contributed by atoms with Crippen molar-refractivity contribution in [3.63, 3.8) is 0 Å². The van der Waals surface area contributed by atoms with Crippen LogP contribution in [0.2, 0.25) is 0 Å². The van der Waals surface area contributed by atoms with Gasteiger partial charge in [-0.05, 0) is 108 Å². The van der Waals surface area contributed by atoms with Gasteiger partial charge in [0.05, 0.1) is 11.4 Å². The molecule has 0 bridgehead atoms. The summed E-state index contributed by atoms with van der Waals surface area (Å²) >= 11 is 1.12. The third kappa shape index (κ3) is 4.82. The van der Waals surface area contributed by atoms with Crippen LogP contribution in [0.3, 0.4) is 0 Å². The van der Waals surface area contributed by atoms with Gasteiger partial charge in [-0.15, -0.1) is 11.3 Å². The number of benzene rings is 4. The summed E-state index contributed by atoms with van der Waals surface area (Å²) in [7, 11) is 0. The molecule has 0 radical (unpaired) electrons. The first kappa shape index (κ1) is 15.1. The topological polar surface area (TPSA) is 28.4 Å². The van der Waals surface area contributed by atoms with Gasteiger partial charge in [-0.25, -0.2) is 0 Å². The fourth-order valence-corrected chi connectivity index (χ4v) is 8.77. The highest BCUT2D eigenvalue weighted by Gasteiger charge is 2.44. The van der Waals surface area contributed by atoms with Crippen LogP contribution in [0.25, 0.3) is 21.1 Å². The van der Waals surface area contributed by atoms with Crippen molar-refractivity contribution in [1.29, 1.82) is 0 Å². The summed E-state index contributed by atoms with van der Waals surface area (Å²) in [6.45, 7) is -19.4. The molecule has 250 valence electrons. The number of furan rings is 1. The summed E-state index contributed by atoms with van der Waals surface area (Å²) in [5, 5.41) is 3.50. The molecule has 0 saturated heterocycles. The Morgan fingerprint density at radius 3 is 2.22 bits per heavy atom. The summed E-state index contributed by atoms with van der Waals surface area (Å²) < 4.78 is 214. The van der Waals surface area contributed by atoms with Crippen LogP contribution < -0.4 is 25.9 Å². The third-order valence-corrected chi connectivity index (χ3v) is 10.7. The molecule has 4 heterocycles. The number of hydrogen-bond acceptors (Lipinski definition) is 4. The molecule has 6 aromatic rings. The molecule has 0 unspecified atom stereocenters. The quantitative estimate of drug-likeness (QED) is 0.174. The average Bonchev–Trinajstić information content (AvgIpc) is 3.75. The van der Waals surface area contributed by atoms with E-state index in [1.807, 2.05) is 0 Å². The molecule has 0 fully saturated rings. The Hall–Kier alpha value is -3.96. The van der Waals surface area contributed by atoms with E-state index in [2.05, 4.69) is 5.32 Å². The smallest absolute Gasteiger partial charge is 0.264 e. The first-order chi connectivity index (χ1) is 32.7. The molecule has 4 aromatic carbocycles. The highest BCUT2D eigenvalue weighted by molar-refractivity contribution is 7.33. The molecular formula is C44H49BN2OS. The van der Waals surface area contributed by atoms with Crippen molar-refractivity contribution >= 4 is 83.2 Å². The Bertz CT molecular complexity index is 3170. The Morgan fingerprint density at radius 1 is 0.776 bits per heavy atom. The van der Waals surface area contributed by atoms with Crippen molar-refractivity contribution in [2.75, 3.05) is 10.2 Å². The minimum Gasteiger partial charge on any atom is -0.460 e. The van der Waals surface area contributed by atoms with Crippen molar-refractivity contribution in [2.45, 2.75) is 106 Å². The van der Waals surface area contributed by atoms with Crippen LogP contribution in [-0.2, 0) is 16.2 Å². The third-order valence-electron chi connectivity index (χ3n) is 9.42. The van der Waals surface area contributed by atoms with Gasteiger partial charge in [0.2, 0.25) is 0 Å². The molecular weight excluding hydrogens is 615 g/mol. The van der Waals surface area contributed by atoms with E-state index in [0.29, 0.717) is 9.48 Å². The van der Waals surface area contributed by atoms with Gasteiger partial charge >= 0.3 is 0 Å². The monoisotopic (exact) mass is 689 g/mol. The van der Waals surface area contributed by atoms with Crippen LogP contribution in [0.5, 0.6) is 0 Å². The first-order valence-corrected chi connectivity index (χ1v) is 16.6. The van der Waals surface area contributed by atoms with Gasteiger partial charge in [0, 0.05) is 81.2 Å². The van der Waals surface area contributed by atoms with Gasteiger partial charge in [-0.3, -0.25) is 0 Å². The van der Waals surface area contributed by atoms with Crippen LogP contribution in [0.4, 0.5) is 28.4 Å². The number of aryl methyl sites for hydroxylation is 4. The Morgan fingerprint density at radius 2 is 1.53 bits per heavy atom. The predicted octanol–water partition coefficient (Wildman–Crippen LogP) is 11.1. The zero-order valence-corrected chi connectivity index (χ0v) is 28.4. The van der Waals surface area contributed by atoms with E-state index in [9.17, 15) is 0 Å². The minimum atomic E-state index is -3.62. The van der Waals surface area contributed by atoms with Gasteiger partial charge in [0.15, 0.2) is 0 Å². The number of hydrogen-bond donors (Lipinski definition) is 1. The number of anilines is 5. The molecule has 8 rings (SSSR count). The van der Waals surface area contributed by atoms with Crippen molar-refractivity contribution in [3.8, 4) is 0 Å². The van der Waals surface area contributed by atoms with E-state index in [-0.39, 0.29) is 78.2 Å². The maximum atomic E-state index is 8.84. The van der Waals surface area contributed by atoms with Crippen molar-refractivity contribution in [1.82, 2.24) is 0 Å². The van der Waals surface area contributed by atoms with E-state index >= 15 is 0 Å². The number of nitrogens with one attached hydrogen (secondary N) is 1. The molecule has 1 N–H and O–H groups in total. The second-order valence-corrected chi connectivity index (χ2v) is 15.4. The molecule has 3 nitrogen and oxygen atoms in total. The van der Waals surface area contributed by atoms with Crippen molar-refractivity contribution in [2.24, 2.45) is 0 Å². The van der Waals surface area contributed by atoms with Gasteiger partial charge in [-0.2, -0.15) is 0 Å². The van der Waals surface area contributed by atoms with Gasteiger partial charge < -0.3 is 14.6 Å². The molecule has 0 amide bonds. The maximum absolute atomic E-state index is 8.84. The average molecular weight is 689 g/mol. The molecule has 0 atom stereocenters. The van der Waals surface area contributed by atoms with Crippen molar-refractivity contribution < 1.29 is 37.3 Å². The molecule has 2 aliphatic heterocycles. The van der Waals surface area contributed by atoms with E-state index in [4.69, 9.17) is 37.3 Å². The second-order valence-electron chi connectivity index (χ2n) is 14.3. The SMILES string of the molecule is [2H]C([2H])([2H])c1cc2c3c(c1)N(c1c(C([2H])([2H])[2H])cc(C)cc1C([2H])([2H])[2H])c1cc4c(C(C)(C)C([2H])([2H])[2H])c(C(C)(C)C([2H])([2H])[2H])oc4cc1B3c1sc3ccc(C(C([2H])([2H])[2H])(C([2H])([2H])[2H])C([2H])([2H])[2H])cc3c1N2. The largest absolute Gasteiger partial charge is 0.460 e. The van der Waals surface area contributed by atoms with Crippen LogP contribution in [0, 0.1) is 27.5 Å². The molecule has 49 heavy (non-hydrogen) atoms. The van der Waals surface area contributed by atoms with Gasteiger partial charge in [0.1, 0.15) is 11.3 Å². The van der Waals surface area contributed by atoms with Crippen LogP contribution in [-0.4, -0.2) is 6.71 Å². The Balaban J connectivity index is 1.61. The lowest BCUT2D eigenvalue weighted by atomic mass is 9.36. The molecule has 0 saturated carbocycles. The van der Waals surface area contributed by atoms with Crippen LogP contribution in [0.1, 0.15) is 134 Å². The summed E-state index contributed by atoms with van der Waals surface area (Å²) in [5.41, 5.74) is -8.17. The predicted molar refractivity (Wildman–Crippen MR) is 216 cm³/mol. The van der Waals surface area contributed by atoms with E-state index in [1.165, 1.54) is 88.0 Å². The highest BCUT2D eigenvalue weighted by Crippen LogP contribution is 2.48. The summed E-state index contributed by atoms with van der Waals surface area (Å²) in [5.74, 6) is -0.205. The summed E-state index contributed by atoms with van der Waals surface area (Å²) in [6.07, 6.45) is 0. The molecule has 5 heteroatoms. The molecule has 2 aliphatic rings. The second kappa shape index (κ2) is 10.3. The van der Waals surface area contributed by atoms with E-state index in [0.717, 1.165) is 17.4 Å². The summed E-state index contributed by atoms with van der Waals surface area (Å²) in [4.78, 5) is 1.34. The fourth-order valence-electron chi connectivity index (χ4n) is 7.50. The van der Waals surface area contributed by atoms with Gasteiger partial charge in [0.25, 0.3) is 6.71 Å². The lowest BCUT2D eigenvalue weighted by Gasteiger charge is -2.41. The molecule has 2 aromatic heterocycles. The Kier molecular flexibility index (Phi) is 3.17. The lowest BCUT2D eigenvalue weighted by Crippen LogP contribution is -2.59. The Labute approximate surface area is 330 Å². The molecule has 0 aliphatic carbocycles. The standard InChI is InChI=1S/C44H49BN2OS/c1-23-16-25(3)39(26(4)17-23)47-32-21-28-34(48-40(44(11,12)13)36(28)43(8,9)10)22-30(32)45-37-31(18-24(2)19-33(37)47)46-38-29-20-27(42(5,6)7)14-15-35(29)49-41(38)45/h14-22,46H,1-13H3/i2D3,3D3,4D3,5D3,6D3,7D3,8D3,11D3. The zero-order chi connectivity index (χ0) is 55.1. The zero-order valence-electron chi connectivity index (χ0n) is 51.5. The maximum Gasteiger partial charge on any atom is 0.264 e. The number of rotatable bonds is 1. The number of thiophene rings is 1. The van der Waals surface area contributed by atoms with Crippen LogP contribution in [0.15, 0.2) is 59.0 Å². The normalized spacial score (nSPS) is 23.6. The number of fused-ring (bicyclic) bond motifs is 7. The highest BCUT2D eigenvalue weighted by atomic mass is 32.1. The van der Waals surface area contributed by atoms with Crippen molar-refractivity contribution in [3.05, 3.63) is 93.7 Å². The molecule has 0 spiro atoms. The lowest BCUT2D eigenvalue weighted by molar-refractivity contribution is 0.409. The minimum absolute atomic E-state index is 0.00832. The number of nitrogens with zero attached hydrogens (tertiary/aromatic N) is 1. The van der Waals surface area contributed by atoms with E-state index < -0.39 is 94.5 Å². The van der Waals surface area contributed by atoms with E-state index in [1.54, 1.807) is 0 Å². The fraction of sp³-hybridized carbons (Fsp3) is 0.364. The van der Waals surface area contributed by atoms with Gasteiger partial charge in [-0.1, -0.05) is 85.7 Å². The summed E-state index contributed by atoms with van der Waals surface area (Å²) in [6, 6.07) is 11.9.